The Morgan fingerprint density at radius 3 is 2.05 bits per heavy atom. The van der Waals surface area contributed by atoms with Gasteiger partial charge in [-0.3, -0.25) is 0 Å². The van der Waals surface area contributed by atoms with Crippen LogP contribution in [0.3, 0.4) is 0 Å². The molecule has 0 fully saturated rings. The molecule has 0 spiro atoms. The first-order valence-electron chi connectivity index (χ1n) is 14.5. The number of benzene rings is 2. The third-order valence-corrected chi connectivity index (χ3v) is 8.49. The van der Waals surface area contributed by atoms with Gasteiger partial charge in [-0.2, -0.15) is 22.0 Å². The van der Waals surface area contributed by atoms with Gasteiger partial charge in [-0.1, -0.05) is 89.8 Å². The number of halogens is 5. The minimum Gasteiger partial charge on any atom is -0.508 e. The average Bonchev–Trinajstić information content (AvgIpc) is 2.88. The summed E-state index contributed by atoms with van der Waals surface area (Å²) in [6.45, 7) is 4.61. The van der Waals surface area contributed by atoms with Crippen LogP contribution in [0.2, 0.25) is 0 Å². The van der Waals surface area contributed by atoms with Gasteiger partial charge in [0.15, 0.2) is 0 Å². The molecule has 0 saturated heterocycles. The maximum Gasteiger partial charge on any atom is 0.453 e. The van der Waals surface area contributed by atoms with E-state index in [0.29, 0.717) is 13.0 Å². The minimum absolute atomic E-state index is 0.113. The lowest BCUT2D eigenvalue weighted by molar-refractivity contribution is -0.284. The fourth-order valence-electron chi connectivity index (χ4n) is 5.89. The molecule has 8 heteroatoms. The number of phenols is 2. The van der Waals surface area contributed by atoms with Gasteiger partial charge in [0.1, 0.15) is 17.2 Å². The molecule has 3 rings (SSSR count). The minimum atomic E-state index is -5.46. The highest BCUT2D eigenvalue weighted by Gasteiger charge is 2.56. The quantitative estimate of drug-likeness (QED) is 0.165. The Bertz CT molecular complexity index is 1050. The van der Waals surface area contributed by atoms with Crippen LogP contribution in [0.4, 0.5) is 22.0 Å². The van der Waals surface area contributed by atoms with Gasteiger partial charge in [-0.25, -0.2) is 0 Å². The van der Waals surface area contributed by atoms with Crippen LogP contribution >= 0.6 is 0 Å². The summed E-state index contributed by atoms with van der Waals surface area (Å²) in [5.41, 5.74) is 1.94. The molecular weight excluding hydrogens is 527 g/mol. The highest BCUT2D eigenvalue weighted by atomic mass is 19.4. The smallest absolute Gasteiger partial charge is 0.453 e. The van der Waals surface area contributed by atoms with Crippen LogP contribution in [0, 0.1) is 5.92 Å². The standard InChI is InChI=1S/C32H43F5O3/c1-23(12-10-20-31(33,34)32(35,36)37)11-8-6-4-3-5-7-9-13-28-27-19-18-26(39)21-29(27)40-22-30(28,2)24-14-16-25(38)17-15-24/h14-19,21,23,28,38-39H,3-13,20,22H2,1-2H3. The van der Waals surface area contributed by atoms with E-state index in [2.05, 4.69) is 6.92 Å². The Kier molecular flexibility index (Phi) is 11.1. The first-order chi connectivity index (χ1) is 18.8. The molecule has 0 aliphatic carbocycles. The Morgan fingerprint density at radius 1 is 0.825 bits per heavy atom. The van der Waals surface area contributed by atoms with Gasteiger partial charge in [0.2, 0.25) is 0 Å². The van der Waals surface area contributed by atoms with Crippen molar-refractivity contribution < 1.29 is 36.9 Å². The lowest BCUT2D eigenvalue weighted by Crippen LogP contribution is -2.40. The third kappa shape index (κ3) is 8.50. The molecule has 0 saturated carbocycles. The first-order valence-corrected chi connectivity index (χ1v) is 14.5. The number of hydrogen-bond donors (Lipinski definition) is 2. The molecule has 0 amide bonds. The van der Waals surface area contributed by atoms with Crippen molar-refractivity contribution in [2.24, 2.45) is 5.92 Å². The largest absolute Gasteiger partial charge is 0.508 e. The molecule has 3 unspecified atom stereocenters. The van der Waals surface area contributed by atoms with E-state index in [0.717, 1.165) is 74.7 Å². The van der Waals surface area contributed by atoms with Gasteiger partial charge < -0.3 is 14.9 Å². The Hall–Kier alpha value is -2.51. The van der Waals surface area contributed by atoms with Crippen LogP contribution in [0.5, 0.6) is 17.2 Å². The van der Waals surface area contributed by atoms with Gasteiger partial charge in [-0.05, 0) is 48.1 Å². The van der Waals surface area contributed by atoms with Gasteiger partial charge in [0.25, 0.3) is 0 Å². The van der Waals surface area contributed by atoms with Crippen molar-refractivity contribution >= 4 is 0 Å². The number of aromatic hydroxyl groups is 2. The number of alkyl halides is 5. The molecule has 40 heavy (non-hydrogen) atoms. The molecule has 1 aliphatic rings. The van der Waals surface area contributed by atoms with E-state index in [1.807, 2.05) is 25.1 Å². The zero-order valence-electron chi connectivity index (χ0n) is 23.6. The van der Waals surface area contributed by atoms with Crippen LogP contribution in [0.15, 0.2) is 42.5 Å². The maximum atomic E-state index is 13.0. The fraction of sp³-hybridized carbons (Fsp3) is 0.625. The van der Waals surface area contributed by atoms with Crippen molar-refractivity contribution in [3.8, 4) is 17.2 Å². The number of ether oxygens (including phenoxy) is 1. The van der Waals surface area contributed by atoms with Crippen LogP contribution < -0.4 is 4.74 Å². The summed E-state index contributed by atoms with van der Waals surface area (Å²) in [6, 6.07) is 12.7. The van der Waals surface area contributed by atoms with Gasteiger partial charge in [0.05, 0.1) is 6.61 Å². The van der Waals surface area contributed by atoms with E-state index in [1.54, 1.807) is 24.3 Å². The highest BCUT2D eigenvalue weighted by Crippen LogP contribution is 2.50. The predicted octanol–water partition coefficient (Wildman–Crippen LogP) is 10.0. The predicted molar refractivity (Wildman–Crippen MR) is 147 cm³/mol. The molecule has 3 atom stereocenters. The van der Waals surface area contributed by atoms with Gasteiger partial charge in [-0.15, -0.1) is 0 Å². The van der Waals surface area contributed by atoms with Crippen molar-refractivity contribution in [3.05, 3.63) is 53.6 Å². The molecular formula is C32H43F5O3. The molecule has 2 aromatic carbocycles. The average molecular weight is 571 g/mol. The molecule has 0 radical (unpaired) electrons. The Labute approximate surface area is 234 Å². The summed E-state index contributed by atoms with van der Waals surface area (Å²) in [5.74, 6) is -3.10. The van der Waals surface area contributed by atoms with Gasteiger partial charge in [0, 0.05) is 23.8 Å². The number of unbranched alkanes of at least 4 members (excludes halogenated alkanes) is 6. The summed E-state index contributed by atoms with van der Waals surface area (Å²) in [6.07, 6.45) is 2.99. The van der Waals surface area contributed by atoms with E-state index in [-0.39, 0.29) is 35.2 Å². The number of phenolic OH excluding ortho intramolecular Hbond substituents is 2. The van der Waals surface area contributed by atoms with Crippen molar-refractivity contribution in [1.82, 2.24) is 0 Å². The monoisotopic (exact) mass is 570 g/mol. The van der Waals surface area contributed by atoms with Crippen LogP contribution in [0.1, 0.15) is 108 Å². The van der Waals surface area contributed by atoms with E-state index in [9.17, 15) is 32.2 Å². The summed E-state index contributed by atoms with van der Waals surface area (Å²) >= 11 is 0. The second kappa shape index (κ2) is 13.9. The summed E-state index contributed by atoms with van der Waals surface area (Å²) in [4.78, 5) is 0. The molecule has 2 aromatic rings. The zero-order valence-corrected chi connectivity index (χ0v) is 23.6. The molecule has 0 bridgehead atoms. The molecule has 2 N–H and O–H groups in total. The highest BCUT2D eigenvalue weighted by molar-refractivity contribution is 5.48. The zero-order chi connectivity index (χ0) is 29.4. The molecule has 0 aromatic heterocycles. The second-order valence-corrected chi connectivity index (χ2v) is 11.8. The van der Waals surface area contributed by atoms with Crippen LogP contribution in [0.25, 0.3) is 0 Å². The third-order valence-electron chi connectivity index (χ3n) is 8.49. The maximum absolute atomic E-state index is 13.0. The van der Waals surface area contributed by atoms with Crippen LogP contribution in [-0.4, -0.2) is 28.9 Å². The van der Waals surface area contributed by atoms with Crippen LogP contribution in [-0.2, 0) is 5.41 Å². The van der Waals surface area contributed by atoms with Crippen molar-refractivity contribution in [3.63, 3.8) is 0 Å². The van der Waals surface area contributed by atoms with E-state index in [1.165, 1.54) is 0 Å². The Balaban J connectivity index is 1.38. The summed E-state index contributed by atoms with van der Waals surface area (Å²) in [7, 11) is 0. The van der Waals surface area contributed by atoms with Crippen molar-refractivity contribution in [1.29, 1.82) is 0 Å². The number of hydrogen-bond acceptors (Lipinski definition) is 3. The van der Waals surface area contributed by atoms with Crippen molar-refractivity contribution in [2.45, 2.75) is 114 Å². The van der Waals surface area contributed by atoms with E-state index < -0.39 is 18.5 Å². The van der Waals surface area contributed by atoms with E-state index >= 15 is 0 Å². The fourth-order valence-corrected chi connectivity index (χ4v) is 5.89. The lowest BCUT2D eigenvalue weighted by atomic mass is 9.66. The normalized spacial score (nSPS) is 20.1. The topological polar surface area (TPSA) is 49.7 Å². The lowest BCUT2D eigenvalue weighted by Gasteiger charge is -2.43. The number of rotatable bonds is 15. The molecule has 1 aliphatic heterocycles. The summed E-state index contributed by atoms with van der Waals surface area (Å²) in [5, 5.41) is 19.7. The Morgan fingerprint density at radius 2 is 1.40 bits per heavy atom. The van der Waals surface area contributed by atoms with E-state index in [4.69, 9.17) is 4.74 Å². The SMILES string of the molecule is CC(CCCCCCCCCC1c2ccc(O)cc2OCC1(C)c1ccc(O)cc1)CCCC(F)(F)C(F)(F)F. The first kappa shape index (κ1) is 32.0. The van der Waals surface area contributed by atoms with Crippen molar-refractivity contribution in [2.75, 3.05) is 6.61 Å². The molecule has 1 heterocycles. The molecule has 3 nitrogen and oxygen atoms in total. The summed E-state index contributed by atoms with van der Waals surface area (Å²) < 4.78 is 68.9. The molecule has 224 valence electrons. The second-order valence-electron chi connectivity index (χ2n) is 11.8. The van der Waals surface area contributed by atoms with Gasteiger partial charge >= 0.3 is 12.1 Å². The number of fused-ring (bicyclic) bond motifs is 1.